The van der Waals surface area contributed by atoms with Gasteiger partial charge in [-0.25, -0.2) is 0 Å². The van der Waals surface area contributed by atoms with E-state index in [2.05, 4.69) is 5.32 Å². The summed E-state index contributed by atoms with van der Waals surface area (Å²) >= 11 is 0. The lowest BCUT2D eigenvalue weighted by atomic mass is 10.0. The van der Waals surface area contributed by atoms with Gasteiger partial charge in [0.25, 0.3) is 0 Å². The maximum absolute atomic E-state index is 10.5. The minimum Gasteiger partial charge on any atom is -0.497 e. The van der Waals surface area contributed by atoms with Crippen molar-refractivity contribution < 1.29 is 14.6 Å². The third-order valence-corrected chi connectivity index (χ3v) is 2.43. The summed E-state index contributed by atoms with van der Waals surface area (Å²) in [4.78, 5) is 10.5. The van der Waals surface area contributed by atoms with Crippen molar-refractivity contribution in [3.63, 3.8) is 0 Å². The van der Waals surface area contributed by atoms with Crippen LogP contribution >= 0.6 is 0 Å². The largest absolute Gasteiger partial charge is 0.497 e. The van der Waals surface area contributed by atoms with Gasteiger partial charge in [-0.1, -0.05) is 19.1 Å². The fraction of sp³-hybridized carbons (Fsp3) is 0.417. The van der Waals surface area contributed by atoms with Crippen LogP contribution in [0.4, 0.5) is 0 Å². The highest BCUT2D eigenvalue weighted by Crippen LogP contribution is 2.19. The van der Waals surface area contributed by atoms with Crippen molar-refractivity contribution >= 4 is 5.97 Å². The smallest absolute Gasteiger partial charge is 0.317 e. The van der Waals surface area contributed by atoms with Crippen LogP contribution in [0.2, 0.25) is 0 Å². The van der Waals surface area contributed by atoms with Crippen LogP contribution in [0.15, 0.2) is 24.3 Å². The number of methoxy groups -OCH3 is 1. The van der Waals surface area contributed by atoms with Gasteiger partial charge in [0, 0.05) is 6.04 Å². The molecule has 0 amide bonds. The van der Waals surface area contributed by atoms with Crippen LogP contribution in [0.5, 0.6) is 5.75 Å². The first-order valence-corrected chi connectivity index (χ1v) is 5.26. The summed E-state index contributed by atoms with van der Waals surface area (Å²) in [6, 6.07) is 7.71. The van der Waals surface area contributed by atoms with Crippen LogP contribution < -0.4 is 10.1 Å². The van der Waals surface area contributed by atoms with Gasteiger partial charge in [-0.2, -0.15) is 0 Å². The van der Waals surface area contributed by atoms with Crippen LogP contribution in [0.3, 0.4) is 0 Å². The molecule has 1 rings (SSSR count). The zero-order chi connectivity index (χ0) is 12.0. The van der Waals surface area contributed by atoms with Crippen molar-refractivity contribution in [2.24, 2.45) is 0 Å². The second-order valence-electron chi connectivity index (χ2n) is 3.51. The van der Waals surface area contributed by atoms with Gasteiger partial charge in [0.15, 0.2) is 0 Å². The molecule has 1 atom stereocenters. The number of carboxylic acid groups (broad SMARTS) is 1. The lowest BCUT2D eigenvalue weighted by Gasteiger charge is -2.16. The van der Waals surface area contributed by atoms with Gasteiger partial charge in [0.2, 0.25) is 0 Å². The first-order valence-electron chi connectivity index (χ1n) is 5.26. The molecule has 0 spiro atoms. The van der Waals surface area contributed by atoms with E-state index in [0.29, 0.717) is 0 Å². The van der Waals surface area contributed by atoms with E-state index in [1.807, 2.05) is 31.2 Å². The molecule has 16 heavy (non-hydrogen) atoms. The first kappa shape index (κ1) is 12.5. The Morgan fingerprint density at radius 3 is 2.50 bits per heavy atom. The summed E-state index contributed by atoms with van der Waals surface area (Å²) in [6.07, 6.45) is 0.847. The molecule has 0 aliphatic heterocycles. The van der Waals surface area contributed by atoms with Crippen molar-refractivity contribution in [2.45, 2.75) is 19.4 Å². The van der Waals surface area contributed by atoms with Gasteiger partial charge in [0.1, 0.15) is 5.75 Å². The molecule has 88 valence electrons. The van der Waals surface area contributed by atoms with E-state index in [1.165, 1.54) is 0 Å². The molecule has 2 N–H and O–H groups in total. The molecule has 1 aromatic carbocycles. The van der Waals surface area contributed by atoms with Gasteiger partial charge in [-0.3, -0.25) is 4.79 Å². The zero-order valence-corrected chi connectivity index (χ0v) is 9.56. The van der Waals surface area contributed by atoms with Crippen molar-refractivity contribution in [1.29, 1.82) is 0 Å². The number of rotatable bonds is 6. The third-order valence-electron chi connectivity index (χ3n) is 2.43. The SMILES string of the molecule is CCC(NCC(=O)O)c1ccc(OC)cc1. The molecule has 0 fully saturated rings. The summed E-state index contributed by atoms with van der Waals surface area (Å²) in [6.45, 7) is 1.99. The molecule has 0 radical (unpaired) electrons. The number of hydrogen-bond donors (Lipinski definition) is 2. The molecule has 1 aromatic rings. The molecule has 4 heteroatoms. The van der Waals surface area contributed by atoms with Crippen LogP contribution in [0.1, 0.15) is 24.9 Å². The standard InChI is InChI=1S/C12H17NO3/c1-3-11(13-8-12(14)15)9-4-6-10(16-2)7-5-9/h4-7,11,13H,3,8H2,1-2H3,(H,14,15). The lowest BCUT2D eigenvalue weighted by molar-refractivity contribution is -0.136. The monoisotopic (exact) mass is 223 g/mol. The maximum Gasteiger partial charge on any atom is 0.317 e. The van der Waals surface area contributed by atoms with Crippen LogP contribution in [-0.4, -0.2) is 24.7 Å². The first-order chi connectivity index (χ1) is 7.67. The highest BCUT2D eigenvalue weighted by molar-refractivity contribution is 5.69. The Bertz CT molecular complexity index is 335. The Kier molecular flexibility index (Phi) is 4.79. The molecule has 0 saturated carbocycles. The molecular formula is C12H17NO3. The summed E-state index contributed by atoms with van der Waals surface area (Å²) in [5.74, 6) is -0.0381. The number of carboxylic acids is 1. The predicted molar refractivity (Wildman–Crippen MR) is 61.7 cm³/mol. The maximum atomic E-state index is 10.5. The Labute approximate surface area is 95.2 Å². The molecular weight excluding hydrogens is 206 g/mol. The molecule has 1 unspecified atom stereocenters. The second kappa shape index (κ2) is 6.12. The quantitative estimate of drug-likeness (QED) is 0.772. The van der Waals surface area contributed by atoms with E-state index in [9.17, 15) is 4.79 Å². The molecule has 0 bridgehead atoms. The Hall–Kier alpha value is -1.55. The minimum absolute atomic E-state index is 0.0233. The molecule has 4 nitrogen and oxygen atoms in total. The topological polar surface area (TPSA) is 58.6 Å². The average molecular weight is 223 g/mol. The molecule has 0 aromatic heterocycles. The van der Waals surface area contributed by atoms with E-state index in [4.69, 9.17) is 9.84 Å². The van der Waals surface area contributed by atoms with Crippen molar-refractivity contribution in [2.75, 3.05) is 13.7 Å². The minimum atomic E-state index is -0.841. The van der Waals surface area contributed by atoms with Gasteiger partial charge >= 0.3 is 5.97 Å². The summed E-state index contributed by atoms with van der Waals surface area (Å²) in [7, 11) is 1.62. The van der Waals surface area contributed by atoms with Crippen LogP contribution in [0, 0.1) is 0 Å². The van der Waals surface area contributed by atoms with Gasteiger partial charge < -0.3 is 15.2 Å². The number of benzene rings is 1. The number of carbonyl (C=O) groups is 1. The predicted octanol–water partition coefficient (Wildman–Crippen LogP) is 1.82. The number of ether oxygens (including phenoxy) is 1. The van der Waals surface area contributed by atoms with E-state index in [-0.39, 0.29) is 12.6 Å². The fourth-order valence-electron chi connectivity index (χ4n) is 1.54. The number of aliphatic carboxylic acids is 1. The highest BCUT2D eigenvalue weighted by Gasteiger charge is 2.09. The molecule has 0 aliphatic carbocycles. The summed E-state index contributed by atoms with van der Waals surface area (Å²) < 4.78 is 5.07. The normalized spacial score (nSPS) is 12.1. The van der Waals surface area contributed by atoms with E-state index >= 15 is 0 Å². The summed E-state index contributed by atoms with van der Waals surface area (Å²) in [5.41, 5.74) is 1.07. The number of nitrogens with one attached hydrogen (secondary N) is 1. The molecule has 0 aliphatic rings. The van der Waals surface area contributed by atoms with E-state index in [0.717, 1.165) is 17.7 Å². The Morgan fingerprint density at radius 2 is 2.06 bits per heavy atom. The van der Waals surface area contributed by atoms with Crippen molar-refractivity contribution in [3.8, 4) is 5.75 Å². The molecule has 0 heterocycles. The molecule has 0 saturated heterocycles. The average Bonchev–Trinajstić information content (AvgIpc) is 2.30. The van der Waals surface area contributed by atoms with Crippen LogP contribution in [0.25, 0.3) is 0 Å². The van der Waals surface area contributed by atoms with E-state index < -0.39 is 5.97 Å². The summed E-state index contributed by atoms with van der Waals surface area (Å²) in [5, 5.41) is 11.6. The van der Waals surface area contributed by atoms with E-state index in [1.54, 1.807) is 7.11 Å². The second-order valence-corrected chi connectivity index (χ2v) is 3.51. The van der Waals surface area contributed by atoms with Gasteiger partial charge in [-0.15, -0.1) is 0 Å². The Balaban J connectivity index is 2.66. The Morgan fingerprint density at radius 1 is 1.44 bits per heavy atom. The van der Waals surface area contributed by atoms with Crippen molar-refractivity contribution in [1.82, 2.24) is 5.32 Å². The van der Waals surface area contributed by atoms with Crippen molar-refractivity contribution in [3.05, 3.63) is 29.8 Å². The zero-order valence-electron chi connectivity index (χ0n) is 9.56. The fourth-order valence-corrected chi connectivity index (χ4v) is 1.54. The third kappa shape index (κ3) is 3.55. The van der Waals surface area contributed by atoms with Gasteiger partial charge in [-0.05, 0) is 24.1 Å². The van der Waals surface area contributed by atoms with Gasteiger partial charge in [0.05, 0.1) is 13.7 Å². The lowest BCUT2D eigenvalue weighted by Crippen LogP contribution is -2.26. The number of hydrogen-bond acceptors (Lipinski definition) is 3. The van der Waals surface area contributed by atoms with Crippen LogP contribution in [-0.2, 0) is 4.79 Å². The highest BCUT2D eigenvalue weighted by atomic mass is 16.5.